The monoisotopic (exact) mass is 601 g/mol. The van der Waals surface area contributed by atoms with E-state index in [9.17, 15) is 28.0 Å². The largest absolute Gasteiger partial charge is 0.412 e. The Labute approximate surface area is 245 Å². The number of hydrogen-bond donors (Lipinski definition) is 3. The van der Waals surface area contributed by atoms with E-state index in [0.717, 1.165) is 4.90 Å². The van der Waals surface area contributed by atoms with E-state index in [-0.39, 0.29) is 60.3 Å². The topological polar surface area (TPSA) is 134 Å². The van der Waals surface area contributed by atoms with Gasteiger partial charge in [0, 0.05) is 59.9 Å². The SMILES string of the molecule is CC(=N)CCNC(=O)Oc1ccc2c(c1)c(C(C)=O)cn2CC(=O)N1C[C@H](F)C[C@H]1C(=O)NCc1cccc(Cl)c1F. The molecule has 1 fully saturated rings. The lowest BCUT2D eigenvalue weighted by molar-refractivity contribution is -0.139. The highest BCUT2D eigenvalue weighted by Crippen LogP contribution is 2.28. The maximum absolute atomic E-state index is 14.4. The van der Waals surface area contributed by atoms with E-state index in [1.807, 2.05) is 0 Å². The van der Waals surface area contributed by atoms with Crippen molar-refractivity contribution >= 4 is 51.9 Å². The molecule has 222 valence electrons. The average Bonchev–Trinajstić information content (AvgIpc) is 3.49. The molecule has 10 nitrogen and oxygen atoms in total. The van der Waals surface area contributed by atoms with E-state index >= 15 is 0 Å². The molecule has 2 aromatic carbocycles. The third kappa shape index (κ3) is 7.11. The fourth-order valence-electron chi connectivity index (χ4n) is 4.78. The van der Waals surface area contributed by atoms with Gasteiger partial charge in [0.05, 0.1) is 11.6 Å². The molecule has 0 radical (unpaired) electrons. The molecule has 1 aliphatic heterocycles. The van der Waals surface area contributed by atoms with Gasteiger partial charge in [0.2, 0.25) is 11.8 Å². The number of hydrogen-bond acceptors (Lipinski definition) is 6. The third-order valence-electron chi connectivity index (χ3n) is 6.88. The van der Waals surface area contributed by atoms with Crippen LogP contribution in [0.25, 0.3) is 10.9 Å². The van der Waals surface area contributed by atoms with Crippen molar-refractivity contribution in [2.24, 2.45) is 0 Å². The molecule has 0 saturated carbocycles. The van der Waals surface area contributed by atoms with Crippen LogP contribution in [0.4, 0.5) is 13.6 Å². The second kappa shape index (κ2) is 13.1. The van der Waals surface area contributed by atoms with Crippen LogP contribution in [0.3, 0.4) is 0 Å². The Morgan fingerprint density at radius 2 is 1.90 bits per heavy atom. The molecule has 4 rings (SSSR count). The summed E-state index contributed by atoms with van der Waals surface area (Å²) in [6.45, 7) is 2.46. The predicted octanol–water partition coefficient (Wildman–Crippen LogP) is 4.41. The highest BCUT2D eigenvalue weighted by molar-refractivity contribution is 6.30. The van der Waals surface area contributed by atoms with Gasteiger partial charge >= 0.3 is 6.09 Å². The molecular formula is C29H30ClF2N5O5. The number of alkyl halides is 1. The predicted molar refractivity (Wildman–Crippen MR) is 152 cm³/mol. The molecule has 0 bridgehead atoms. The third-order valence-corrected chi connectivity index (χ3v) is 7.17. The number of carbonyl (C=O) groups excluding carboxylic acids is 4. The summed E-state index contributed by atoms with van der Waals surface area (Å²) < 4.78 is 35.5. The van der Waals surface area contributed by atoms with Gasteiger partial charge in [0.15, 0.2) is 5.78 Å². The van der Waals surface area contributed by atoms with Crippen molar-refractivity contribution < 1.29 is 32.7 Å². The number of amides is 3. The van der Waals surface area contributed by atoms with Crippen LogP contribution >= 0.6 is 11.6 Å². The molecule has 1 aromatic heterocycles. The summed E-state index contributed by atoms with van der Waals surface area (Å²) in [5.41, 5.74) is 1.34. The molecule has 0 unspecified atom stereocenters. The highest BCUT2D eigenvalue weighted by Gasteiger charge is 2.39. The standard InChI is InChI=1S/C29H30ClF2N5O5/c1-16(33)8-9-34-29(41)42-20-6-7-24-21(11-20)22(17(2)38)14-36(24)15-26(39)37-13-19(31)10-25(37)28(40)35-12-18-4-3-5-23(30)27(18)32/h3-7,11,14,19,25,33H,8-10,12-13,15H2,1-2H3,(H,34,41)(H,35,40)/t19-,25+/m1/s1. The number of fused-ring (bicyclic) bond motifs is 1. The minimum Gasteiger partial charge on any atom is -0.410 e. The number of nitrogens with zero attached hydrogens (tertiary/aromatic N) is 2. The molecule has 3 N–H and O–H groups in total. The number of likely N-dealkylation sites (tertiary alicyclic amines) is 1. The van der Waals surface area contributed by atoms with Crippen molar-refractivity contribution in [2.45, 2.75) is 52.0 Å². The van der Waals surface area contributed by atoms with Crippen LogP contribution in [-0.2, 0) is 22.7 Å². The molecule has 3 amide bonds. The van der Waals surface area contributed by atoms with Crippen LogP contribution in [0, 0.1) is 11.2 Å². The van der Waals surface area contributed by atoms with Gasteiger partial charge in [-0.05, 0) is 38.1 Å². The molecule has 13 heteroatoms. The number of ketones is 1. The number of ether oxygens (including phenoxy) is 1. The molecule has 2 heterocycles. The van der Waals surface area contributed by atoms with Gasteiger partial charge in [0.25, 0.3) is 0 Å². The molecule has 3 aromatic rings. The Morgan fingerprint density at radius 1 is 1.14 bits per heavy atom. The molecule has 1 saturated heterocycles. The van der Waals surface area contributed by atoms with Crippen molar-refractivity contribution in [3.05, 3.63) is 64.6 Å². The molecule has 0 spiro atoms. The number of nitrogens with one attached hydrogen (secondary N) is 3. The summed E-state index contributed by atoms with van der Waals surface area (Å²) in [5, 5.41) is 12.9. The van der Waals surface area contributed by atoms with Crippen LogP contribution in [0.2, 0.25) is 5.02 Å². The van der Waals surface area contributed by atoms with Gasteiger partial charge in [-0.25, -0.2) is 13.6 Å². The smallest absolute Gasteiger partial charge is 0.410 e. The first-order chi connectivity index (χ1) is 19.9. The molecule has 2 atom stereocenters. The molecular weight excluding hydrogens is 572 g/mol. The minimum atomic E-state index is -1.42. The normalized spacial score (nSPS) is 16.4. The lowest BCUT2D eigenvalue weighted by atomic mass is 10.1. The lowest BCUT2D eigenvalue weighted by Crippen LogP contribution is -2.46. The summed E-state index contributed by atoms with van der Waals surface area (Å²) in [7, 11) is 0. The van der Waals surface area contributed by atoms with E-state index in [1.165, 1.54) is 48.0 Å². The van der Waals surface area contributed by atoms with Crippen molar-refractivity contribution in [3.8, 4) is 5.75 Å². The van der Waals surface area contributed by atoms with Crippen molar-refractivity contribution in [1.29, 1.82) is 5.41 Å². The highest BCUT2D eigenvalue weighted by atomic mass is 35.5. The maximum Gasteiger partial charge on any atom is 0.412 e. The van der Waals surface area contributed by atoms with Gasteiger partial charge in [-0.1, -0.05) is 23.7 Å². The first kappa shape index (κ1) is 30.6. The summed E-state index contributed by atoms with van der Waals surface area (Å²) in [6.07, 6.45) is -0.477. The number of benzene rings is 2. The number of carbonyl (C=O) groups is 4. The van der Waals surface area contributed by atoms with Crippen LogP contribution < -0.4 is 15.4 Å². The minimum absolute atomic E-state index is 0.0943. The van der Waals surface area contributed by atoms with Crippen molar-refractivity contribution in [1.82, 2.24) is 20.1 Å². The maximum atomic E-state index is 14.4. The van der Waals surface area contributed by atoms with Gasteiger partial charge in [0.1, 0.15) is 30.3 Å². The van der Waals surface area contributed by atoms with E-state index in [4.69, 9.17) is 21.7 Å². The number of Topliss-reactive ketones (excluding diaryl/α,β-unsaturated/α-hetero) is 1. The molecule has 0 aliphatic carbocycles. The van der Waals surface area contributed by atoms with Crippen LogP contribution in [0.5, 0.6) is 5.75 Å². The Kier molecular flexibility index (Phi) is 9.56. The Balaban J connectivity index is 1.48. The molecule has 1 aliphatic rings. The Morgan fingerprint density at radius 3 is 2.62 bits per heavy atom. The Bertz CT molecular complexity index is 1560. The summed E-state index contributed by atoms with van der Waals surface area (Å²) >= 11 is 5.79. The Hall–Kier alpha value is -4.32. The summed E-state index contributed by atoms with van der Waals surface area (Å²) in [6, 6.07) is 7.88. The van der Waals surface area contributed by atoms with E-state index in [0.29, 0.717) is 23.0 Å². The van der Waals surface area contributed by atoms with Gasteiger partial charge in [-0.2, -0.15) is 0 Å². The van der Waals surface area contributed by atoms with Crippen molar-refractivity contribution in [3.63, 3.8) is 0 Å². The van der Waals surface area contributed by atoms with Gasteiger partial charge < -0.3 is 30.2 Å². The van der Waals surface area contributed by atoms with Gasteiger partial charge in [-0.3, -0.25) is 14.4 Å². The zero-order chi connectivity index (χ0) is 30.6. The number of halogens is 3. The van der Waals surface area contributed by atoms with E-state index < -0.39 is 35.9 Å². The first-order valence-electron chi connectivity index (χ1n) is 13.2. The second-order valence-electron chi connectivity index (χ2n) is 10.1. The van der Waals surface area contributed by atoms with Crippen LogP contribution in [0.1, 0.15) is 42.6 Å². The zero-order valence-corrected chi connectivity index (χ0v) is 23.8. The zero-order valence-electron chi connectivity index (χ0n) is 23.0. The lowest BCUT2D eigenvalue weighted by Gasteiger charge is -2.24. The van der Waals surface area contributed by atoms with Gasteiger partial charge in [-0.15, -0.1) is 0 Å². The fourth-order valence-corrected chi connectivity index (χ4v) is 4.97. The average molecular weight is 602 g/mol. The van der Waals surface area contributed by atoms with Crippen molar-refractivity contribution in [2.75, 3.05) is 13.1 Å². The number of aromatic nitrogens is 1. The summed E-state index contributed by atoms with van der Waals surface area (Å²) in [5.74, 6) is -1.96. The second-order valence-corrected chi connectivity index (χ2v) is 10.5. The van der Waals surface area contributed by atoms with E-state index in [1.54, 1.807) is 13.0 Å². The number of rotatable bonds is 10. The van der Waals surface area contributed by atoms with E-state index in [2.05, 4.69) is 10.6 Å². The quantitative estimate of drug-likeness (QED) is 0.234. The van der Waals surface area contributed by atoms with Crippen LogP contribution in [0.15, 0.2) is 42.6 Å². The fraction of sp³-hybridized carbons (Fsp3) is 0.345. The summed E-state index contributed by atoms with van der Waals surface area (Å²) in [4.78, 5) is 51.9. The first-order valence-corrected chi connectivity index (χ1v) is 13.6. The molecule has 42 heavy (non-hydrogen) atoms. The van der Waals surface area contributed by atoms with Crippen LogP contribution in [-0.4, -0.2) is 64.2 Å².